The van der Waals surface area contributed by atoms with Gasteiger partial charge in [0, 0.05) is 16.8 Å². The van der Waals surface area contributed by atoms with Crippen LogP contribution in [0.5, 0.6) is 0 Å². The first kappa shape index (κ1) is 12.4. The van der Waals surface area contributed by atoms with Crippen LogP contribution in [0, 0.1) is 5.82 Å². The van der Waals surface area contributed by atoms with Gasteiger partial charge in [-0.05, 0) is 12.1 Å². The highest BCUT2D eigenvalue weighted by atomic mass is 35.5. The number of halogens is 2. The van der Waals surface area contributed by atoms with E-state index in [1.165, 1.54) is 17.8 Å². The molecule has 0 aliphatic carbocycles. The zero-order valence-electron chi connectivity index (χ0n) is 9.01. The molecule has 1 heterocycles. The highest BCUT2D eigenvalue weighted by Crippen LogP contribution is 2.21. The molecular formula is C11H11ClFN3S. The number of benzene rings is 1. The van der Waals surface area contributed by atoms with Crippen LogP contribution in [0.1, 0.15) is 5.69 Å². The van der Waals surface area contributed by atoms with Crippen LogP contribution in [-0.2, 0) is 12.4 Å². The minimum atomic E-state index is -0.183. The number of thioether (sulfide) groups is 1. The van der Waals surface area contributed by atoms with Crippen molar-refractivity contribution in [3.8, 4) is 0 Å². The second-order valence-electron chi connectivity index (χ2n) is 3.39. The third-order valence-electron chi connectivity index (χ3n) is 2.14. The predicted octanol–water partition coefficient (Wildman–Crippen LogP) is 2.95. The van der Waals surface area contributed by atoms with Crippen LogP contribution in [0.15, 0.2) is 35.4 Å². The molecule has 0 saturated carbocycles. The van der Waals surface area contributed by atoms with E-state index in [0.29, 0.717) is 17.3 Å². The molecule has 3 nitrogen and oxygen atoms in total. The Balaban J connectivity index is 1.85. The second-order valence-corrected chi connectivity index (χ2v) is 4.79. The fraction of sp³-hybridized carbons (Fsp3) is 0.273. The number of aryl methyl sites for hydroxylation is 1. The molecule has 90 valence electrons. The SMILES string of the molecule is Fc1ccccc1SCCn1cc(CCl)nn1. The molecule has 0 radical (unpaired) electrons. The lowest BCUT2D eigenvalue weighted by molar-refractivity contribution is 0.600. The van der Waals surface area contributed by atoms with Crippen LogP contribution < -0.4 is 0 Å². The van der Waals surface area contributed by atoms with Crippen molar-refractivity contribution in [1.29, 1.82) is 0 Å². The number of aromatic nitrogens is 3. The Bertz CT molecular complexity index is 489. The van der Waals surface area contributed by atoms with Crippen molar-refractivity contribution in [2.45, 2.75) is 17.3 Å². The summed E-state index contributed by atoms with van der Waals surface area (Å²) in [5.41, 5.74) is 0.752. The van der Waals surface area contributed by atoms with Gasteiger partial charge in [-0.25, -0.2) is 4.39 Å². The number of nitrogens with zero attached hydrogens (tertiary/aromatic N) is 3. The zero-order valence-corrected chi connectivity index (χ0v) is 10.6. The summed E-state index contributed by atoms with van der Waals surface area (Å²) in [4.78, 5) is 0.658. The van der Waals surface area contributed by atoms with Gasteiger partial charge in [-0.1, -0.05) is 17.3 Å². The molecule has 0 saturated heterocycles. The van der Waals surface area contributed by atoms with Gasteiger partial charge in [0.2, 0.25) is 0 Å². The van der Waals surface area contributed by atoms with Crippen molar-refractivity contribution in [3.63, 3.8) is 0 Å². The second kappa shape index (κ2) is 6.02. The van der Waals surface area contributed by atoms with E-state index >= 15 is 0 Å². The molecule has 0 unspecified atom stereocenters. The smallest absolute Gasteiger partial charge is 0.136 e. The highest BCUT2D eigenvalue weighted by Gasteiger charge is 2.02. The number of alkyl halides is 1. The highest BCUT2D eigenvalue weighted by molar-refractivity contribution is 7.99. The lowest BCUT2D eigenvalue weighted by atomic mass is 10.3. The Morgan fingerprint density at radius 2 is 2.18 bits per heavy atom. The van der Waals surface area contributed by atoms with Gasteiger partial charge < -0.3 is 0 Å². The average molecular weight is 272 g/mol. The number of hydrogen-bond acceptors (Lipinski definition) is 3. The average Bonchev–Trinajstić information content (AvgIpc) is 2.80. The lowest BCUT2D eigenvalue weighted by Crippen LogP contribution is -2.01. The zero-order chi connectivity index (χ0) is 12.1. The summed E-state index contributed by atoms with van der Waals surface area (Å²) in [6, 6.07) is 6.74. The number of hydrogen-bond donors (Lipinski definition) is 0. The van der Waals surface area contributed by atoms with Gasteiger partial charge >= 0.3 is 0 Å². The third-order valence-corrected chi connectivity index (χ3v) is 3.44. The van der Waals surface area contributed by atoms with Gasteiger partial charge in [0.1, 0.15) is 5.82 Å². The summed E-state index contributed by atoms with van der Waals surface area (Å²) in [6.07, 6.45) is 1.80. The normalized spacial score (nSPS) is 10.7. The molecule has 0 atom stereocenters. The van der Waals surface area contributed by atoms with Crippen LogP contribution in [0.4, 0.5) is 4.39 Å². The van der Waals surface area contributed by atoms with Gasteiger partial charge in [0.25, 0.3) is 0 Å². The van der Waals surface area contributed by atoms with E-state index in [1.807, 2.05) is 6.07 Å². The maximum absolute atomic E-state index is 13.3. The Labute approximate surface area is 108 Å². The molecule has 17 heavy (non-hydrogen) atoms. The van der Waals surface area contributed by atoms with E-state index in [4.69, 9.17) is 11.6 Å². The molecule has 0 fully saturated rings. The van der Waals surface area contributed by atoms with Crippen molar-refractivity contribution >= 4 is 23.4 Å². The van der Waals surface area contributed by atoms with Crippen molar-refractivity contribution in [3.05, 3.63) is 42.0 Å². The molecule has 0 amide bonds. The Hall–Kier alpha value is -1.07. The van der Waals surface area contributed by atoms with E-state index in [2.05, 4.69) is 10.3 Å². The van der Waals surface area contributed by atoms with Gasteiger partial charge in [0.15, 0.2) is 0 Å². The summed E-state index contributed by atoms with van der Waals surface area (Å²) in [5.74, 6) is 0.921. The standard InChI is InChI=1S/C11H11ClFN3S/c12-7-9-8-16(15-14-9)5-6-17-11-4-2-1-3-10(11)13/h1-4,8H,5-7H2. The molecule has 1 aromatic heterocycles. The van der Waals surface area contributed by atoms with Gasteiger partial charge in [-0.2, -0.15) is 0 Å². The largest absolute Gasteiger partial charge is 0.251 e. The summed E-state index contributed by atoms with van der Waals surface area (Å²) in [5, 5.41) is 7.79. The van der Waals surface area contributed by atoms with Crippen LogP contribution in [-0.4, -0.2) is 20.7 Å². The van der Waals surface area contributed by atoms with Crippen LogP contribution >= 0.6 is 23.4 Å². The molecule has 0 N–H and O–H groups in total. The third kappa shape index (κ3) is 3.44. The Kier molecular flexibility index (Phi) is 4.39. The maximum atomic E-state index is 13.3. The fourth-order valence-electron chi connectivity index (χ4n) is 1.32. The topological polar surface area (TPSA) is 30.7 Å². The first-order chi connectivity index (χ1) is 8.29. The minimum Gasteiger partial charge on any atom is -0.251 e. The van der Waals surface area contributed by atoms with Crippen molar-refractivity contribution in [1.82, 2.24) is 15.0 Å². The summed E-state index contributed by atoms with van der Waals surface area (Å²) in [6.45, 7) is 0.683. The monoisotopic (exact) mass is 271 g/mol. The van der Waals surface area contributed by atoms with Crippen LogP contribution in [0.25, 0.3) is 0 Å². The molecular weight excluding hydrogens is 261 g/mol. The van der Waals surface area contributed by atoms with E-state index in [0.717, 1.165) is 11.4 Å². The van der Waals surface area contributed by atoms with Crippen LogP contribution in [0.3, 0.4) is 0 Å². The van der Waals surface area contributed by atoms with Gasteiger partial charge in [-0.15, -0.1) is 28.5 Å². The van der Waals surface area contributed by atoms with Crippen molar-refractivity contribution < 1.29 is 4.39 Å². The van der Waals surface area contributed by atoms with Crippen molar-refractivity contribution in [2.24, 2.45) is 0 Å². The lowest BCUT2D eigenvalue weighted by Gasteiger charge is -2.02. The Morgan fingerprint density at radius 3 is 2.88 bits per heavy atom. The van der Waals surface area contributed by atoms with Gasteiger partial charge in [0.05, 0.1) is 18.1 Å². The predicted molar refractivity (Wildman–Crippen MR) is 66.7 cm³/mol. The van der Waals surface area contributed by atoms with E-state index in [-0.39, 0.29) is 5.82 Å². The molecule has 0 aliphatic rings. The van der Waals surface area contributed by atoms with E-state index < -0.39 is 0 Å². The fourth-order valence-corrected chi connectivity index (χ4v) is 2.32. The van der Waals surface area contributed by atoms with E-state index in [9.17, 15) is 4.39 Å². The molecule has 6 heteroatoms. The summed E-state index contributed by atoms with van der Waals surface area (Å²) < 4.78 is 15.0. The Morgan fingerprint density at radius 1 is 1.35 bits per heavy atom. The molecule has 1 aromatic carbocycles. The van der Waals surface area contributed by atoms with Gasteiger partial charge in [-0.3, -0.25) is 4.68 Å². The first-order valence-corrected chi connectivity index (χ1v) is 6.64. The molecule has 0 aliphatic heterocycles. The quantitative estimate of drug-likeness (QED) is 0.619. The molecule has 2 rings (SSSR count). The number of rotatable bonds is 5. The minimum absolute atomic E-state index is 0.183. The first-order valence-electron chi connectivity index (χ1n) is 5.12. The van der Waals surface area contributed by atoms with Crippen LogP contribution in [0.2, 0.25) is 0 Å². The molecule has 2 aromatic rings. The van der Waals surface area contributed by atoms with Crippen molar-refractivity contribution in [2.75, 3.05) is 5.75 Å². The molecule has 0 spiro atoms. The van der Waals surface area contributed by atoms with E-state index in [1.54, 1.807) is 23.0 Å². The molecule has 0 bridgehead atoms. The maximum Gasteiger partial charge on any atom is 0.136 e. The summed E-state index contributed by atoms with van der Waals surface area (Å²) >= 11 is 7.08. The summed E-state index contributed by atoms with van der Waals surface area (Å²) in [7, 11) is 0.